The van der Waals surface area contributed by atoms with Gasteiger partial charge in [-0.25, -0.2) is 9.78 Å². The zero-order valence-electron chi connectivity index (χ0n) is 8.28. The van der Waals surface area contributed by atoms with Gasteiger partial charge in [-0.1, -0.05) is 13.8 Å². The van der Waals surface area contributed by atoms with Crippen LogP contribution in [0.1, 0.15) is 26.0 Å². The number of aliphatic carboxylic acids is 1. The van der Waals surface area contributed by atoms with Gasteiger partial charge in [0.15, 0.2) is 5.13 Å². The Balaban J connectivity index is 2.62. The van der Waals surface area contributed by atoms with Gasteiger partial charge in [-0.15, -0.1) is 11.3 Å². The molecule has 14 heavy (non-hydrogen) atoms. The van der Waals surface area contributed by atoms with Crippen molar-refractivity contribution in [3.63, 3.8) is 0 Å². The van der Waals surface area contributed by atoms with Gasteiger partial charge in [-0.3, -0.25) is 0 Å². The van der Waals surface area contributed by atoms with Crippen LogP contribution in [0.25, 0.3) is 0 Å². The van der Waals surface area contributed by atoms with Crippen LogP contribution in [0.15, 0.2) is 5.38 Å². The number of thiazole rings is 1. The molecule has 1 heterocycles. The van der Waals surface area contributed by atoms with E-state index < -0.39 is 12.0 Å². The van der Waals surface area contributed by atoms with Gasteiger partial charge in [-0.2, -0.15) is 0 Å². The molecule has 0 saturated carbocycles. The number of hydrogen-bond acceptors (Lipinski definition) is 4. The molecule has 0 bridgehead atoms. The molecule has 0 aliphatic carbocycles. The zero-order valence-corrected chi connectivity index (χ0v) is 9.10. The van der Waals surface area contributed by atoms with Gasteiger partial charge in [0.05, 0.1) is 5.69 Å². The number of hydrogen-bond donors (Lipinski definition) is 2. The molecule has 0 aliphatic rings. The molecule has 1 rings (SSSR count). The molecular formula is C9H14N2O2S. The molecule has 2 N–H and O–H groups in total. The highest BCUT2D eigenvalue weighted by atomic mass is 32.1. The van der Waals surface area contributed by atoms with E-state index in [-0.39, 0.29) is 0 Å². The van der Waals surface area contributed by atoms with Gasteiger partial charge in [0, 0.05) is 5.38 Å². The molecule has 0 aromatic carbocycles. The van der Waals surface area contributed by atoms with Gasteiger partial charge >= 0.3 is 5.97 Å². The van der Waals surface area contributed by atoms with Crippen molar-refractivity contribution in [3.8, 4) is 0 Å². The van der Waals surface area contributed by atoms with Gasteiger partial charge in [0.25, 0.3) is 0 Å². The van der Waals surface area contributed by atoms with Crippen LogP contribution in [0.5, 0.6) is 0 Å². The monoisotopic (exact) mass is 214 g/mol. The lowest BCUT2D eigenvalue weighted by Gasteiger charge is -2.09. The first-order valence-corrected chi connectivity index (χ1v) is 5.49. The van der Waals surface area contributed by atoms with Gasteiger partial charge < -0.3 is 10.4 Å². The third-order valence-corrected chi connectivity index (χ3v) is 2.74. The van der Waals surface area contributed by atoms with Crippen molar-refractivity contribution < 1.29 is 9.90 Å². The first kappa shape index (κ1) is 11.0. The van der Waals surface area contributed by atoms with Crippen LogP contribution in [0.2, 0.25) is 0 Å². The van der Waals surface area contributed by atoms with Crippen LogP contribution in [0, 0.1) is 0 Å². The Kier molecular flexibility index (Phi) is 3.88. The van der Waals surface area contributed by atoms with Crippen LogP contribution in [-0.4, -0.2) is 22.1 Å². The van der Waals surface area contributed by atoms with Gasteiger partial charge in [0.1, 0.15) is 6.04 Å². The molecule has 78 valence electrons. The number of nitrogens with zero attached hydrogens (tertiary/aromatic N) is 1. The van der Waals surface area contributed by atoms with E-state index in [1.807, 2.05) is 19.2 Å². The molecule has 1 aromatic rings. The second-order valence-electron chi connectivity index (χ2n) is 2.94. The maximum absolute atomic E-state index is 10.7. The molecule has 1 aromatic heterocycles. The summed E-state index contributed by atoms with van der Waals surface area (Å²) in [7, 11) is 0. The SMILES string of the molecule is CCc1csc(NC(CC)C(=O)O)n1. The molecule has 0 saturated heterocycles. The summed E-state index contributed by atoms with van der Waals surface area (Å²) in [5.41, 5.74) is 0.998. The molecule has 5 heteroatoms. The fourth-order valence-corrected chi connectivity index (χ4v) is 1.87. The summed E-state index contributed by atoms with van der Waals surface area (Å²) in [6.45, 7) is 3.85. The van der Waals surface area contributed by atoms with Crippen molar-refractivity contribution in [1.82, 2.24) is 4.98 Å². The second kappa shape index (κ2) is 4.95. The predicted octanol–water partition coefficient (Wildman–Crippen LogP) is 1.98. The minimum atomic E-state index is -0.833. The Morgan fingerprint density at radius 3 is 2.86 bits per heavy atom. The summed E-state index contributed by atoms with van der Waals surface area (Å²) >= 11 is 1.45. The zero-order chi connectivity index (χ0) is 10.6. The molecule has 0 fully saturated rings. The maximum Gasteiger partial charge on any atom is 0.326 e. The highest BCUT2D eigenvalue weighted by molar-refractivity contribution is 7.13. The number of rotatable bonds is 5. The minimum Gasteiger partial charge on any atom is -0.480 e. The van der Waals surface area contributed by atoms with Crippen molar-refractivity contribution in [2.75, 3.05) is 5.32 Å². The normalized spacial score (nSPS) is 12.4. The highest BCUT2D eigenvalue weighted by Crippen LogP contribution is 2.17. The fraction of sp³-hybridized carbons (Fsp3) is 0.556. The maximum atomic E-state index is 10.7. The van der Waals surface area contributed by atoms with Gasteiger partial charge in [0.2, 0.25) is 0 Å². The second-order valence-corrected chi connectivity index (χ2v) is 3.80. The first-order chi connectivity index (χ1) is 6.67. The van der Waals surface area contributed by atoms with E-state index in [0.717, 1.165) is 12.1 Å². The Labute approximate surface area is 87.0 Å². The molecule has 1 atom stereocenters. The number of carboxylic acid groups (broad SMARTS) is 1. The van der Waals surface area contributed by atoms with Crippen molar-refractivity contribution in [2.24, 2.45) is 0 Å². The summed E-state index contributed by atoms with van der Waals surface area (Å²) in [6.07, 6.45) is 1.43. The largest absolute Gasteiger partial charge is 0.480 e. The van der Waals surface area contributed by atoms with E-state index in [1.54, 1.807) is 0 Å². The quantitative estimate of drug-likeness (QED) is 0.786. The van der Waals surface area contributed by atoms with Crippen molar-refractivity contribution >= 4 is 22.4 Å². The standard InChI is InChI=1S/C9H14N2O2S/c1-3-6-5-14-9(10-6)11-7(4-2)8(12)13/h5,7H,3-4H2,1-2H3,(H,10,11)(H,12,13). The molecule has 1 unspecified atom stereocenters. The van der Waals surface area contributed by atoms with Crippen molar-refractivity contribution in [1.29, 1.82) is 0 Å². The van der Waals surface area contributed by atoms with E-state index >= 15 is 0 Å². The molecular weight excluding hydrogens is 200 g/mol. The molecule has 0 aliphatic heterocycles. The van der Waals surface area contributed by atoms with E-state index in [9.17, 15) is 4.79 Å². The van der Waals surface area contributed by atoms with Crippen LogP contribution >= 0.6 is 11.3 Å². The summed E-state index contributed by atoms with van der Waals surface area (Å²) in [6, 6.07) is -0.536. The summed E-state index contributed by atoms with van der Waals surface area (Å²) < 4.78 is 0. The number of carboxylic acids is 1. The summed E-state index contributed by atoms with van der Waals surface area (Å²) in [4.78, 5) is 15.0. The van der Waals surface area contributed by atoms with E-state index in [1.165, 1.54) is 11.3 Å². The van der Waals surface area contributed by atoms with Crippen LogP contribution in [-0.2, 0) is 11.2 Å². The average Bonchev–Trinajstić information content (AvgIpc) is 2.61. The van der Waals surface area contributed by atoms with Crippen molar-refractivity contribution in [2.45, 2.75) is 32.7 Å². The summed E-state index contributed by atoms with van der Waals surface area (Å²) in [5, 5.41) is 14.3. The number of anilines is 1. The number of aromatic nitrogens is 1. The molecule has 0 radical (unpaired) electrons. The summed E-state index contributed by atoms with van der Waals surface area (Å²) in [5.74, 6) is -0.833. The Hall–Kier alpha value is -1.10. The van der Waals surface area contributed by atoms with Crippen molar-refractivity contribution in [3.05, 3.63) is 11.1 Å². The average molecular weight is 214 g/mol. The van der Waals surface area contributed by atoms with Crippen LogP contribution < -0.4 is 5.32 Å². The number of carbonyl (C=O) groups is 1. The highest BCUT2D eigenvalue weighted by Gasteiger charge is 2.15. The number of nitrogens with one attached hydrogen (secondary N) is 1. The van der Waals surface area contributed by atoms with E-state index in [2.05, 4.69) is 10.3 Å². The van der Waals surface area contributed by atoms with Gasteiger partial charge in [-0.05, 0) is 12.8 Å². The lowest BCUT2D eigenvalue weighted by atomic mass is 10.2. The van der Waals surface area contributed by atoms with E-state index in [4.69, 9.17) is 5.11 Å². The third kappa shape index (κ3) is 2.70. The topological polar surface area (TPSA) is 62.2 Å². The fourth-order valence-electron chi connectivity index (χ4n) is 1.02. The van der Waals surface area contributed by atoms with Crippen LogP contribution in [0.3, 0.4) is 0 Å². The molecule has 0 spiro atoms. The smallest absolute Gasteiger partial charge is 0.326 e. The number of aryl methyl sites for hydroxylation is 1. The lowest BCUT2D eigenvalue weighted by Crippen LogP contribution is -2.28. The van der Waals surface area contributed by atoms with E-state index in [0.29, 0.717) is 11.6 Å². The molecule has 4 nitrogen and oxygen atoms in total. The Morgan fingerprint density at radius 2 is 2.43 bits per heavy atom. The minimum absolute atomic E-state index is 0.536. The Bertz CT molecular complexity index is 312. The van der Waals surface area contributed by atoms with Crippen LogP contribution in [0.4, 0.5) is 5.13 Å². The Morgan fingerprint density at radius 1 is 1.71 bits per heavy atom. The first-order valence-electron chi connectivity index (χ1n) is 4.61. The lowest BCUT2D eigenvalue weighted by molar-refractivity contribution is -0.137. The third-order valence-electron chi connectivity index (χ3n) is 1.92. The predicted molar refractivity (Wildman–Crippen MR) is 56.8 cm³/mol. The molecule has 0 amide bonds.